The number of fused-ring (bicyclic) bond motifs is 20. The molecule has 17 rings (SSSR count). The molecule has 2 atom stereocenters. The Bertz CT molecular complexity index is 4470. The first-order valence-electron chi connectivity index (χ1n) is 28.4. The molecule has 11 aromatic rings. The number of hydrogen-bond donors (Lipinski definition) is 0. The summed E-state index contributed by atoms with van der Waals surface area (Å²) in [6.45, 7) is 2.48. The molecule has 0 nitrogen and oxygen atoms in total. The van der Waals surface area contributed by atoms with Crippen molar-refractivity contribution in [3.8, 4) is 55.6 Å². The van der Waals surface area contributed by atoms with Gasteiger partial charge in [-0.05, 0) is 207 Å². The highest BCUT2D eigenvalue weighted by molar-refractivity contribution is 8.32. The second-order valence-electron chi connectivity index (χ2n) is 23.3. The summed E-state index contributed by atoms with van der Waals surface area (Å²) >= 11 is 0. The molecule has 80 heavy (non-hydrogen) atoms. The van der Waals surface area contributed by atoms with E-state index in [1.54, 1.807) is 10.9 Å². The van der Waals surface area contributed by atoms with E-state index < -0.39 is 28.8 Å². The molecule has 0 fully saturated rings. The lowest BCUT2D eigenvalue weighted by atomic mass is 9.65. The van der Waals surface area contributed by atoms with Crippen LogP contribution in [0, 0.1) is 0 Å². The highest BCUT2D eigenvalue weighted by Crippen LogP contribution is 2.72. The van der Waals surface area contributed by atoms with E-state index in [9.17, 15) is 0 Å². The molecule has 2 heterocycles. The topological polar surface area (TPSA) is 0 Å². The first-order valence-corrected chi connectivity index (χ1v) is 32.7. The zero-order chi connectivity index (χ0) is 53.1. The molecular formula is C78H57PS. The average Bonchev–Trinajstić information content (AvgIpc) is 4.28. The Morgan fingerprint density at radius 3 is 1.30 bits per heavy atom. The quantitative estimate of drug-likeness (QED) is 0.154. The average molecular weight is 1060 g/mol. The maximum Gasteiger partial charge on any atom is 0.0734 e. The number of hydrogen-bond acceptors (Lipinski definition) is 0. The van der Waals surface area contributed by atoms with E-state index >= 15 is 0 Å². The summed E-state index contributed by atoms with van der Waals surface area (Å²) in [5, 5.41) is 3.06. The molecule has 0 aromatic heterocycles. The lowest BCUT2D eigenvalue weighted by Gasteiger charge is -2.49. The molecule has 2 heteroatoms. The highest BCUT2D eigenvalue weighted by atomic mass is 32.3. The van der Waals surface area contributed by atoms with E-state index in [1.807, 2.05) is 0 Å². The first-order chi connectivity index (χ1) is 39.4. The molecule has 0 saturated heterocycles. The van der Waals surface area contributed by atoms with Crippen molar-refractivity contribution in [2.24, 2.45) is 0 Å². The summed E-state index contributed by atoms with van der Waals surface area (Å²) in [5.41, 5.74) is 28.2. The Morgan fingerprint density at radius 2 is 0.750 bits per heavy atom. The van der Waals surface area contributed by atoms with Crippen molar-refractivity contribution in [2.75, 3.05) is 19.2 Å². The fraction of sp³-hybridized carbons (Fsp3) is 0.103. The van der Waals surface area contributed by atoms with Gasteiger partial charge in [-0.3, -0.25) is 0 Å². The number of rotatable bonds is 4. The largest absolute Gasteiger partial charge is 0.193 e. The van der Waals surface area contributed by atoms with E-state index in [2.05, 4.69) is 286 Å². The fourth-order valence-corrected chi connectivity index (χ4v) is 21.4. The SMILES string of the molecule is CP1C2=C(CCC=C2)C2(c3ccccc3-c3c(-c4cccc(C5(c6cccc(-c7cccc8c7-c7ccccc7C87c8ccccc8S(C)(C)c8ccccc87)c6)c6ccccc6-c6ccccc65)c4)cccc32)c2ccccc21. The lowest BCUT2D eigenvalue weighted by Crippen LogP contribution is -2.38. The molecule has 11 aromatic carbocycles. The van der Waals surface area contributed by atoms with Crippen LogP contribution in [0.2, 0.25) is 0 Å². The normalized spacial score (nSPS) is 19.4. The van der Waals surface area contributed by atoms with Crippen LogP contribution in [-0.4, -0.2) is 19.2 Å². The Balaban J connectivity index is 0.896. The fourth-order valence-electron chi connectivity index (χ4n) is 16.6. The molecule has 2 spiro atoms. The van der Waals surface area contributed by atoms with E-state index in [4.69, 9.17) is 0 Å². The van der Waals surface area contributed by atoms with Crippen LogP contribution in [0.4, 0.5) is 0 Å². The summed E-state index contributed by atoms with van der Waals surface area (Å²) < 4.78 is 0. The van der Waals surface area contributed by atoms with Gasteiger partial charge in [0, 0.05) is 0 Å². The van der Waals surface area contributed by atoms with Crippen molar-refractivity contribution < 1.29 is 0 Å². The molecule has 0 radical (unpaired) electrons. The number of benzene rings is 11. The first kappa shape index (κ1) is 46.6. The summed E-state index contributed by atoms with van der Waals surface area (Å²) in [5.74, 6) is 0. The van der Waals surface area contributed by atoms with Gasteiger partial charge in [0.2, 0.25) is 0 Å². The Labute approximate surface area is 473 Å². The molecule has 2 aliphatic heterocycles. The zero-order valence-electron chi connectivity index (χ0n) is 45.2. The monoisotopic (exact) mass is 1060 g/mol. The standard InChI is InChI=1S/C78H57PS/c1-79-70-44-16-12-38-64(70)77(65-39-13-17-45-71(65)79)62-36-10-6-30-58(62)74-54(32-22-42-68(74)77)50-24-20-26-52(48-50)76(60-34-8-4-28-56(60)57-29-5-9-35-61(57)76)53-27-21-25-51(49-53)55-33-23-43-69-75(55)59-31-7-11-37-63(59)78(69)66-40-14-18-46-72(66)80(2,3)73-47-19-15-41-67(73)78/h4-12,14-38,40-49H,13,39H2,1-3H3. The molecular weight excluding hydrogens is 1000 g/mol. The predicted octanol–water partition coefficient (Wildman–Crippen LogP) is 19.2. The molecule has 0 saturated carbocycles. The molecule has 0 N–H and O–H groups in total. The van der Waals surface area contributed by atoms with E-state index in [-0.39, 0.29) is 5.41 Å². The van der Waals surface area contributed by atoms with Gasteiger partial charge in [0.15, 0.2) is 0 Å². The minimum atomic E-state index is -1.29. The van der Waals surface area contributed by atoms with Gasteiger partial charge >= 0.3 is 0 Å². The van der Waals surface area contributed by atoms with Gasteiger partial charge < -0.3 is 0 Å². The van der Waals surface area contributed by atoms with Crippen LogP contribution in [-0.2, 0) is 16.2 Å². The summed E-state index contributed by atoms with van der Waals surface area (Å²) in [4.78, 5) is 2.95. The van der Waals surface area contributed by atoms with E-state index in [1.165, 1.54) is 132 Å². The third-order valence-corrected chi connectivity index (χ3v) is 24.8. The molecule has 0 amide bonds. The zero-order valence-corrected chi connectivity index (χ0v) is 46.9. The maximum absolute atomic E-state index is 2.56. The number of allylic oxidation sites excluding steroid dienone is 4. The van der Waals surface area contributed by atoms with Crippen molar-refractivity contribution in [2.45, 2.75) is 38.9 Å². The third kappa shape index (κ3) is 5.72. The van der Waals surface area contributed by atoms with Crippen molar-refractivity contribution in [1.82, 2.24) is 0 Å². The maximum atomic E-state index is 2.56. The smallest absolute Gasteiger partial charge is 0.0734 e. The van der Waals surface area contributed by atoms with Crippen LogP contribution < -0.4 is 5.30 Å². The van der Waals surface area contributed by atoms with Gasteiger partial charge in [0.05, 0.1) is 16.2 Å². The minimum Gasteiger partial charge on any atom is -0.193 e. The Kier molecular flexibility index (Phi) is 9.81. The van der Waals surface area contributed by atoms with Gasteiger partial charge in [0.1, 0.15) is 0 Å². The van der Waals surface area contributed by atoms with Crippen molar-refractivity contribution >= 4 is 23.3 Å². The van der Waals surface area contributed by atoms with Crippen LogP contribution in [0.25, 0.3) is 55.6 Å². The van der Waals surface area contributed by atoms with Crippen molar-refractivity contribution in [3.05, 3.63) is 339 Å². The summed E-state index contributed by atoms with van der Waals surface area (Å²) in [7, 11) is -1.77. The third-order valence-electron chi connectivity index (χ3n) is 19.6. The second kappa shape index (κ2) is 16.9. The molecule has 380 valence electrons. The van der Waals surface area contributed by atoms with Crippen LogP contribution in [0.15, 0.2) is 288 Å². The predicted molar refractivity (Wildman–Crippen MR) is 338 cm³/mol. The molecule has 2 unspecified atom stereocenters. The molecule has 6 aliphatic rings. The Morgan fingerprint density at radius 1 is 0.350 bits per heavy atom. The lowest BCUT2D eigenvalue weighted by molar-refractivity contribution is 0.690. The second-order valence-corrected chi connectivity index (χ2v) is 28.9. The minimum absolute atomic E-state index is 0.352. The van der Waals surface area contributed by atoms with E-state index in [0.29, 0.717) is 0 Å². The van der Waals surface area contributed by atoms with Gasteiger partial charge in [-0.15, -0.1) is 0 Å². The van der Waals surface area contributed by atoms with E-state index in [0.717, 1.165) is 12.8 Å². The van der Waals surface area contributed by atoms with Gasteiger partial charge in [-0.1, -0.05) is 243 Å². The van der Waals surface area contributed by atoms with Crippen LogP contribution in [0.5, 0.6) is 0 Å². The Hall–Kier alpha value is -8.32. The highest BCUT2D eigenvalue weighted by Gasteiger charge is 2.55. The van der Waals surface area contributed by atoms with Crippen LogP contribution in [0.3, 0.4) is 0 Å². The van der Waals surface area contributed by atoms with Crippen molar-refractivity contribution in [3.63, 3.8) is 0 Å². The molecule has 0 bridgehead atoms. The van der Waals surface area contributed by atoms with Crippen LogP contribution >= 0.6 is 17.9 Å². The van der Waals surface area contributed by atoms with Crippen molar-refractivity contribution in [1.29, 1.82) is 0 Å². The van der Waals surface area contributed by atoms with Gasteiger partial charge in [-0.25, -0.2) is 0 Å². The summed E-state index contributed by atoms with van der Waals surface area (Å²) in [6.07, 6.45) is 12.0. The van der Waals surface area contributed by atoms with Crippen LogP contribution in [0.1, 0.15) is 74.0 Å². The molecule has 4 aliphatic carbocycles. The summed E-state index contributed by atoms with van der Waals surface area (Å²) in [6, 6.07) is 99.1. The van der Waals surface area contributed by atoms with Gasteiger partial charge in [-0.2, -0.15) is 10.0 Å². The van der Waals surface area contributed by atoms with Gasteiger partial charge in [0.25, 0.3) is 0 Å².